The van der Waals surface area contributed by atoms with Crippen molar-refractivity contribution in [3.63, 3.8) is 0 Å². The highest BCUT2D eigenvalue weighted by Crippen LogP contribution is 2.42. The van der Waals surface area contributed by atoms with E-state index >= 15 is 0 Å². The van der Waals surface area contributed by atoms with Crippen molar-refractivity contribution in [2.45, 2.75) is 26.2 Å². The van der Waals surface area contributed by atoms with Crippen LogP contribution in [0.4, 0.5) is 0 Å². The molecule has 2 amide bonds. The van der Waals surface area contributed by atoms with E-state index in [-0.39, 0.29) is 37.2 Å². The standard InChI is InChI=1S/C18H29N5O4.CH2O2/c1-13-15(20-27-19-13)7-17(26)23-9-14-8-22(10-18(14,11-23)12-24)16(25)5-4-6-21(2)3;2-1-3/h14,24H,4-12H2,1-3H3;1H,(H,2,3)/t14-,18+;/m1./s1. The quantitative estimate of drug-likeness (QED) is 0.539. The Hall–Kier alpha value is -2.53. The zero-order valence-electron chi connectivity index (χ0n) is 17.8. The van der Waals surface area contributed by atoms with Crippen molar-refractivity contribution in [3.05, 3.63) is 11.4 Å². The largest absolute Gasteiger partial charge is 0.483 e. The van der Waals surface area contributed by atoms with Crippen molar-refractivity contribution in [1.82, 2.24) is 25.0 Å². The van der Waals surface area contributed by atoms with Gasteiger partial charge < -0.3 is 24.9 Å². The fraction of sp³-hybridized carbons (Fsp3) is 0.737. The smallest absolute Gasteiger partial charge is 0.290 e. The fourth-order valence-electron chi connectivity index (χ4n) is 4.15. The molecule has 2 aliphatic rings. The van der Waals surface area contributed by atoms with Crippen LogP contribution in [0.3, 0.4) is 0 Å². The number of carbonyl (C=O) groups excluding carboxylic acids is 2. The van der Waals surface area contributed by atoms with E-state index in [1.165, 1.54) is 0 Å². The Kier molecular flexibility index (Phi) is 8.30. The number of likely N-dealkylation sites (tertiary alicyclic amines) is 2. The van der Waals surface area contributed by atoms with Crippen LogP contribution in [-0.4, -0.2) is 107 Å². The molecule has 0 radical (unpaired) electrons. The minimum atomic E-state index is -0.413. The lowest BCUT2D eigenvalue weighted by Crippen LogP contribution is -2.41. The van der Waals surface area contributed by atoms with Crippen molar-refractivity contribution in [2.75, 3.05) is 53.4 Å². The molecule has 0 aliphatic carbocycles. The van der Waals surface area contributed by atoms with Crippen molar-refractivity contribution >= 4 is 18.3 Å². The van der Waals surface area contributed by atoms with E-state index in [1.807, 2.05) is 19.0 Å². The second-order valence-corrected chi connectivity index (χ2v) is 8.25. The number of hydrogen-bond acceptors (Lipinski definition) is 8. The summed E-state index contributed by atoms with van der Waals surface area (Å²) < 4.78 is 4.65. The van der Waals surface area contributed by atoms with Crippen LogP contribution >= 0.6 is 0 Å². The van der Waals surface area contributed by atoms with Crippen molar-refractivity contribution in [2.24, 2.45) is 11.3 Å². The Labute approximate surface area is 175 Å². The molecule has 3 rings (SSSR count). The normalized spacial score (nSPS) is 22.6. The Morgan fingerprint density at radius 1 is 1.23 bits per heavy atom. The zero-order chi connectivity index (χ0) is 22.3. The number of aryl methyl sites for hydroxylation is 1. The number of aromatic nitrogens is 2. The van der Waals surface area contributed by atoms with Crippen LogP contribution in [-0.2, 0) is 20.8 Å². The number of aliphatic hydroxyl groups is 1. The molecule has 3 heterocycles. The van der Waals surface area contributed by atoms with Gasteiger partial charge in [-0.3, -0.25) is 14.4 Å². The van der Waals surface area contributed by atoms with E-state index in [1.54, 1.807) is 11.8 Å². The Morgan fingerprint density at radius 3 is 2.30 bits per heavy atom. The van der Waals surface area contributed by atoms with Crippen molar-refractivity contribution in [1.29, 1.82) is 0 Å². The summed E-state index contributed by atoms with van der Waals surface area (Å²) in [4.78, 5) is 39.2. The second-order valence-electron chi connectivity index (χ2n) is 8.25. The molecule has 0 unspecified atom stereocenters. The summed E-state index contributed by atoms with van der Waals surface area (Å²) in [6.45, 7) is 4.52. The first kappa shape index (κ1) is 23.7. The molecular weight excluding hydrogens is 394 g/mol. The Balaban J connectivity index is 0.00000101. The van der Waals surface area contributed by atoms with Crippen LogP contribution in [0.25, 0.3) is 0 Å². The molecule has 0 saturated carbocycles. The molecule has 2 atom stereocenters. The molecule has 0 bridgehead atoms. The monoisotopic (exact) mass is 425 g/mol. The SMILES string of the molecule is Cc1nonc1CC(=O)N1C[C@H]2CN(C(=O)CCCN(C)C)C[C@@]2(CO)C1.O=CO. The highest BCUT2D eigenvalue weighted by Gasteiger charge is 2.54. The minimum absolute atomic E-state index is 0.0204. The number of fused-ring (bicyclic) bond motifs is 1. The topological polar surface area (TPSA) is 140 Å². The lowest BCUT2D eigenvalue weighted by Gasteiger charge is -2.27. The van der Waals surface area contributed by atoms with E-state index in [9.17, 15) is 14.7 Å². The second kappa shape index (κ2) is 10.5. The van der Waals surface area contributed by atoms with Gasteiger partial charge in [-0.05, 0) is 34.0 Å². The Morgan fingerprint density at radius 2 is 1.83 bits per heavy atom. The van der Waals surface area contributed by atoms with Crippen molar-refractivity contribution < 1.29 is 29.2 Å². The van der Waals surface area contributed by atoms with Gasteiger partial charge in [-0.2, -0.15) is 0 Å². The molecule has 1 aromatic heterocycles. The van der Waals surface area contributed by atoms with E-state index in [0.717, 1.165) is 13.0 Å². The number of hydrogen-bond donors (Lipinski definition) is 2. The number of nitrogens with zero attached hydrogens (tertiary/aromatic N) is 5. The summed E-state index contributed by atoms with van der Waals surface area (Å²) >= 11 is 0. The zero-order valence-corrected chi connectivity index (χ0v) is 17.8. The van der Waals surface area contributed by atoms with Crippen molar-refractivity contribution in [3.8, 4) is 0 Å². The maximum absolute atomic E-state index is 12.6. The third kappa shape index (κ3) is 5.54. The average molecular weight is 425 g/mol. The predicted octanol–water partition coefficient (Wildman–Crippen LogP) is -0.758. The molecule has 2 N–H and O–H groups in total. The molecule has 0 spiro atoms. The maximum atomic E-state index is 12.6. The third-order valence-electron chi connectivity index (χ3n) is 5.84. The van der Waals surface area contributed by atoms with Gasteiger partial charge in [-0.15, -0.1) is 0 Å². The molecule has 11 nitrogen and oxygen atoms in total. The van der Waals surface area contributed by atoms with Crippen LogP contribution < -0.4 is 0 Å². The van der Waals surface area contributed by atoms with Gasteiger partial charge >= 0.3 is 0 Å². The number of aliphatic hydroxyl groups excluding tert-OH is 1. The molecule has 2 aliphatic heterocycles. The lowest BCUT2D eigenvalue weighted by molar-refractivity contribution is -0.132. The summed E-state index contributed by atoms with van der Waals surface area (Å²) in [6.07, 6.45) is 1.50. The number of rotatable bonds is 7. The summed E-state index contributed by atoms with van der Waals surface area (Å²) in [7, 11) is 3.99. The van der Waals surface area contributed by atoms with Gasteiger partial charge in [-0.25, -0.2) is 4.63 Å². The van der Waals surface area contributed by atoms with Crippen LogP contribution in [0.1, 0.15) is 24.2 Å². The van der Waals surface area contributed by atoms with E-state index in [2.05, 4.69) is 19.8 Å². The van der Waals surface area contributed by atoms with Gasteiger partial charge in [0.2, 0.25) is 11.8 Å². The first-order chi connectivity index (χ1) is 14.3. The lowest BCUT2D eigenvalue weighted by atomic mass is 9.82. The number of carbonyl (C=O) groups is 3. The maximum Gasteiger partial charge on any atom is 0.290 e. The summed E-state index contributed by atoms with van der Waals surface area (Å²) in [5.74, 6) is 0.210. The predicted molar refractivity (Wildman–Crippen MR) is 105 cm³/mol. The average Bonchev–Trinajstić information content (AvgIpc) is 3.34. The van der Waals surface area contributed by atoms with E-state index in [4.69, 9.17) is 9.90 Å². The third-order valence-corrected chi connectivity index (χ3v) is 5.84. The van der Waals surface area contributed by atoms with Crippen LogP contribution in [0.15, 0.2) is 4.63 Å². The molecule has 0 aromatic carbocycles. The molecule has 1 aromatic rings. The van der Waals surface area contributed by atoms with E-state index < -0.39 is 5.41 Å². The molecule has 2 fully saturated rings. The molecule has 11 heteroatoms. The van der Waals surface area contributed by atoms with Gasteiger partial charge in [-0.1, -0.05) is 10.3 Å². The molecular formula is C19H31N5O6. The van der Waals surface area contributed by atoms with Gasteiger partial charge in [0.15, 0.2) is 0 Å². The number of carboxylic acid groups (broad SMARTS) is 1. The minimum Gasteiger partial charge on any atom is -0.483 e. The van der Waals surface area contributed by atoms with Crippen LogP contribution in [0.5, 0.6) is 0 Å². The highest BCUT2D eigenvalue weighted by molar-refractivity contribution is 5.79. The molecule has 30 heavy (non-hydrogen) atoms. The Bertz CT molecular complexity index is 739. The van der Waals surface area contributed by atoms with Gasteiger partial charge in [0, 0.05) is 43.9 Å². The van der Waals surface area contributed by atoms with Gasteiger partial charge in [0.05, 0.1) is 13.0 Å². The van der Waals surface area contributed by atoms with Gasteiger partial charge in [0.25, 0.3) is 6.47 Å². The molecule has 168 valence electrons. The molecule has 2 saturated heterocycles. The highest BCUT2D eigenvalue weighted by atomic mass is 16.6. The summed E-state index contributed by atoms with van der Waals surface area (Å²) in [5.41, 5.74) is 0.756. The van der Waals surface area contributed by atoms with Crippen LogP contribution in [0, 0.1) is 18.3 Å². The first-order valence-electron chi connectivity index (χ1n) is 9.93. The van der Waals surface area contributed by atoms with E-state index in [0.29, 0.717) is 44.0 Å². The van der Waals surface area contributed by atoms with Crippen LogP contribution in [0.2, 0.25) is 0 Å². The first-order valence-corrected chi connectivity index (χ1v) is 9.93. The number of amides is 2. The summed E-state index contributed by atoms with van der Waals surface area (Å²) in [5, 5.41) is 24.4. The van der Waals surface area contributed by atoms with Gasteiger partial charge in [0.1, 0.15) is 11.4 Å². The summed E-state index contributed by atoms with van der Waals surface area (Å²) in [6, 6.07) is 0. The fourth-order valence-corrected chi connectivity index (χ4v) is 4.15.